The van der Waals surface area contributed by atoms with E-state index in [0.717, 1.165) is 32.4 Å². The molecule has 0 saturated carbocycles. The molecule has 2 aliphatic heterocycles. The number of benzene rings is 1. The van der Waals surface area contributed by atoms with Crippen molar-refractivity contribution in [3.63, 3.8) is 0 Å². The van der Waals surface area contributed by atoms with E-state index >= 15 is 0 Å². The van der Waals surface area contributed by atoms with Gasteiger partial charge in [0.25, 0.3) is 10.0 Å². The SMILES string of the molecule is Cc1ccc(CCC2CCN(C(=O)C3CCN(S(=O)(=O)c4cccs4)CC3)CC2)cc1. The number of carbonyl (C=O) groups is 1. The van der Waals surface area contributed by atoms with Crippen molar-refractivity contribution in [3.8, 4) is 0 Å². The Kier molecular flexibility index (Phi) is 7.14. The van der Waals surface area contributed by atoms with Crippen LogP contribution in [0, 0.1) is 18.8 Å². The van der Waals surface area contributed by atoms with Gasteiger partial charge in [-0.1, -0.05) is 35.9 Å². The molecule has 0 bridgehead atoms. The highest BCUT2D eigenvalue weighted by atomic mass is 32.2. The predicted molar refractivity (Wildman–Crippen MR) is 125 cm³/mol. The van der Waals surface area contributed by atoms with E-state index in [1.165, 1.54) is 28.9 Å². The minimum absolute atomic E-state index is 0.0427. The average molecular weight is 461 g/mol. The minimum Gasteiger partial charge on any atom is -0.342 e. The molecule has 2 fully saturated rings. The molecule has 1 aromatic heterocycles. The molecule has 0 aliphatic carbocycles. The van der Waals surface area contributed by atoms with Crippen LogP contribution in [-0.2, 0) is 21.2 Å². The number of likely N-dealkylation sites (tertiary alicyclic amines) is 1. The molecule has 5 nitrogen and oxygen atoms in total. The molecule has 0 radical (unpaired) electrons. The standard InChI is InChI=1S/C24H32N2O3S2/c1-19-4-6-20(7-5-19)8-9-21-10-14-25(15-11-21)24(27)22-12-16-26(17-13-22)31(28,29)23-3-2-18-30-23/h2-7,18,21-22H,8-17H2,1H3. The number of amides is 1. The zero-order valence-electron chi connectivity index (χ0n) is 18.2. The molecular formula is C24H32N2O3S2. The first kappa shape index (κ1) is 22.5. The monoisotopic (exact) mass is 460 g/mol. The maximum Gasteiger partial charge on any atom is 0.252 e. The molecular weight excluding hydrogens is 428 g/mol. The maximum absolute atomic E-state index is 13.0. The van der Waals surface area contributed by atoms with Crippen LogP contribution in [0.3, 0.4) is 0 Å². The van der Waals surface area contributed by atoms with Crippen molar-refractivity contribution in [2.45, 2.75) is 49.7 Å². The molecule has 4 rings (SSSR count). The summed E-state index contributed by atoms with van der Waals surface area (Å²) in [5, 5.41) is 1.79. The van der Waals surface area contributed by atoms with Crippen LogP contribution in [0.4, 0.5) is 0 Å². The van der Waals surface area contributed by atoms with Gasteiger partial charge in [-0.3, -0.25) is 4.79 Å². The number of sulfonamides is 1. The van der Waals surface area contributed by atoms with Crippen molar-refractivity contribution >= 4 is 27.3 Å². The number of carbonyl (C=O) groups excluding carboxylic acids is 1. The highest BCUT2D eigenvalue weighted by Crippen LogP contribution is 2.29. The Morgan fingerprint density at radius 3 is 2.29 bits per heavy atom. The largest absolute Gasteiger partial charge is 0.342 e. The second-order valence-electron chi connectivity index (χ2n) is 8.90. The van der Waals surface area contributed by atoms with Crippen LogP contribution in [0.25, 0.3) is 0 Å². The van der Waals surface area contributed by atoms with Gasteiger partial charge in [0.15, 0.2) is 0 Å². The van der Waals surface area contributed by atoms with Gasteiger partial charge in [-0.2, -0.15) is 4.31 Å². The minimum atomic E-state index is -3.40. The summed E-state index contributed by atoms with van der Waals surface area (Å²) in [6, 6.07) is 12.2. The van der Waals surface area contributed by atoms with E-state index in [4.69, 9.17) is 0 Å². The molecule has 31 heavy (non-hydrogen) atoms. The second kappa shape index (κ2) is 9.84. The zero-order chi connectivity index (χ0) is 21.8. The Morgan fingerprint density at radius 1 is 1.00 bits per heavy atom. The molecule has 0 unspecified atom stereocenters. The Labute approximate surface area is 190 Å². The molecule has 0 N–H and O–H groups in total. The van der Waals surface area contributed by atoms with E-state index in [-0.39, 0.29) is 11.8 Å². The van der Waals surface area contributed by atoms with Crippen molar-refractivity contribution in [2.75, 3.05) is 26.2 Å². The van der Waals surface area contributed by atoms with E-state index < -0.39 is 10.0 Å². The van der Waals surface area contributed by atoms with Crippen LogP contribution in [0.15, 0.2) is 46.0 Å². The third-order valence-electron chi connectivity index (χ3n) is 6.78. The fraction of sp³-hybridized carbons (Fsp3) is 0.542. The first-order valence-corrected chi connectivity index (χ1v) is 13.6. The quantitative estimate of drug-likeness (QED) is 0.645. The smallest absolute Gasteiger partial charge is 0.252 e. The summed E-state index contributed by atoms with van der Waals surface area (Å²) in [6.45, 7) is 4.66. The third kappa shape index (κ3) is 5.38. The van der Waals surface area contributed by atoms with Crippen LogP contribution in [0.5, 0.6) is 0 Å². The highest BCUT2D eigenvalue weighted by Gasteiger charge is 2.35. The number of aryl methyl sites for hydroxylation is 2. The van der Waals surface area contributed by atoms with Gasteiger partial charge < -0.3 is 4.90 Å². The number of hydrogen-bond donors (Lipinski definition) is 0. The molecule has 1 aromatic carbocycles. The number of piperidine rings is 2. The lowest BCUT2D eigenvalue weighted by atomic mass is 9.89. The zero-order valence-corrected chi connectivity index (χ0v) is 19.8. The van der Waals surface area contributed by atoms with Gasteiger partial charge in [-0.05, 0) is 68.4 Å². The van der Waals surface area contributed by atoms with E-state index in [1.54, 1.807) is 21.8 Å². The van der Waals surface area contributed by atoms with E-state index in [2.05, 4.69) is 31.2 Å². The van der Waals surface area contributed by atoms with Crippen LogP contribution in [0.1, 0.15) is 43.2 Å². The van der Waals surface area contributed by atoms with Crippen molar-refractivity contribution < 1.29 is 13.2 Å². The normalized spacial score (nSPS) is 19.6. The summed E-state index contributed by atoms with van der Waals surface area (Å²) in [6.07, 6.45) is 5.68. The topological polar surface area (TPSA) is 57.7 Å². The van der Waals surface area contributed by atoms with Crippen LogP contribution in [-0.4, -0.2) is 49.7 Å². The number of hydrogen-bond acceptors (Lipinski definition) is 4. The number of thiophene rings is 1. The average Bonchev–Trinajstić information content (AvgIpc) is 3.35. The van der Waals surface area contributed by atoms with Crippen molar-refractivity contribution in [1.29, 1.82) is 0 Å². The van der Waals surface area contributed by atoms with Gasteiger partial charge in [-0.15, -0.1) is 11.3 Å². The molecule has 0 atom stereocenters. The fourth-order valence-electron chi connectivity index (χ4n) is 4.71. The van der Waals surface area contributed by atoms with Crippen LogP contribution < -0.4 is 0 Å². The molecule has 7 heteroatoms. The number of rotatable bonds is 6. The molecule has 2 saturated heterocycles. The molecule has 1 amide bonds. The molecule has 3 heterocycles. The lowest BCUT2D eigenvalue weighted by Gasteiger charge is -2.37. The Morgan fingerprint density at radius 2 is 1.68 bits per heavy atom. The Hall–Kier alpha value is -1.70. The first-order chi connectivity index (χ1) is 14.9. The molecule has 2 aromatic rings. The Balaban J connectivity index is 1.22. The molecule has 168 valence electrons. The maximum atomic E-state index is 13.0. The summed E-state index contributed by atoms with van der Waals surface area (Å²) < 4.78 is 27.3. The van der Waals surface area contributed by atoms with E-state index in [1.807, 2.05) is 4.90 Å². The van der Waals surface area contributed by atoms with Crippen molar-refractivity contribution in [1.82, 2.24) is 9.21 Å². The lowest BCUT2D eigenvalue weighted by Crippen LogP contribution is -2.46. The number of nitrogens with zero attached hydrogens (tertiary/aromatic N) is 2. The van der Waals surface area contributed by atoms with Crippen LogP contribution in [0.2, 0.25) is 0 Å². The van der Waals surface area contributed by atoms with Gasteiger partial charge in [0.2, 0.25) is 5.91 Å². The van der Waals surface area contributed by atoms with E-state index in [0.29, 0.717) is 36.1 Å². The van der Waals surface area contributed by atoms with Gasteiger partial charge in [0, 0.05) is 32.1 Å². The molecule has 0 spiro atoms. The van der Waals surface area contributed by atoms with Crippen LogP contribution >= 0.6 is 11.3 Å². The summed E-state index contributed by atoms with van der Waals surface area (Å²) in [5.74, 6) is 0.868. The van der Waals surface area contributed by atoms with Gasteiger partial charge in [-0.25, -0.2) is 8.42 Å². The highest BCUT2D eigenvalue weighted by molar-refractivity contribution is 7.91. The summed E-state index contributed by atoms with van der Waals surface area (Å²) in [5.41, 5.74) is 2.69. The summed E-state index contributed by atoms with van der Waals surface area (Å²) in [7, 11) is -3.40. The third-order valence-corrected chi connectivity index (χ3v) is 10.1. The van der Waals surface area contributed by atoms with Gasteiger partial charge >= 0.3 is 0 Å². The van der Waals surface area contributed by atoms with Crippen molar-refractivity contribution in [3.05, 3.63) is 52.9 Å². The summed E-state index contributed by atoms with van der Waals surface area (Å²) >= 11 is 1.25. The lowest BCUT2D eigenvalue weighted by molar-refractivity contribution is -0.138. The Bertz CT molecular complexity index is 955. The summed E-state index contributed by atoms with van der Waals surface area (Å²) in [4.78, 5) is 15.0. The fourth-order valence-corrected chi connectivity index (χ4v) is 7.32. The van der Waals surface area contributed by atoms with Crippen molar-refractivity contribution in [2.24, 2.45) is 11.8 Å². The van der Waals surface area contributed by atoms with E-state index in [9.17, 15) is 13.2 Å². The predicted octanol–water partition coefficient (Wildman–Crippen LogP) is 4.33. The molecule has 2 aliphatic rings. The van der Waals surface area contributed by atoms with Gasteiger partial charge in [0.1, 0.15) is 4.21 Å². The second-order valence-corrected chi connectivity index (χ2v) is 12.0. The van der Waals surface area contributed by atoms with Gasteiger partial charge in [0.05, 0.1) is 0 Å². The first-order valence-electron chi connectivity index (χ1n) is 11.3.